The number of aromatic nitrogens is 2. The molecule has 1 fully saturated rings. The zero-order valence-electron chi connectivity index (χ0n) is 19.8. The van der Waals surface area contributed by atoms with Gasteiger partial charge < -0.3 is 9.64 Å². The Hall–Kier alpha value is -3.19. The van der Waals surface area contributed by atoms with Crippen molar-refractivity contribution >= 4 is 16.7 Å². The van der Waals surface area contributed by atoms with Crippen molar-refractivity contribution in [1.29, 1.82) is 0 Å². The topological polar surface area (TPSA) is 67.7 Å². The van der Waals surface area contributed by atoms with Gasteiger partial charge in [-0.1, -0.05) is 50.1 Å². The van der Waals surface area contributed by atoms with Crippen LogP contribution in [-0.2, 0) is 19.5 Å². The normalized spacial score (nSPS) is 16.0. The SMILES string of the molecule is CCCCCn1nc(C(=O)N2CCN(Cc3ccc4c(c3)CCO4)CC2)c2ccccc2c1=O. The fraction of sp³-hybridized carbons (Fsp3) is 0.444. The molecule has 0 unspecified atom stereocenters. The highest BCUT2D eigenvalue weighted by Crippen LogP contribution is 2.26. The van der Waals surface area contributed by atoms with Crippen LogP contribution in [0, 0.1) is 0 Å². The Morgan fingerprint density at radius 2 is 1.82 bits per heavy atom. The molecule has 1 saturated heterocycles. The molecular weight excluding hydrogens is 428 g/mol. The van der Waals surface area contributed by atoms with E-state index in [4.69, 9.17) is 4.74 Å². The van der Waals surface area contributed by atoms with E-state index in [0.717, 1.165) is 57.7 Å². The van der Waals surface area contributed by atoms with Gasteiger partial charge in [-0.05, 0) is 29.7 Å². The summed E-state index contributed by atoms with van der Waals surface area (Å²) in [5, 5.41) is 5.77. The largest absolute Gasteiger partial charge is 0.493 e. The molecule has 1 aromatic heterocycles. The molecule has 0 atom stereocenters. The Labute approximate surface area is 199 Å². The third-order valence-electron chi connectivity index (χ3n) is 6.86. The van der Waals surface area contributed by atoms with Crippen LogP contribution < -0.4 is 10.3 Å². The van der Waals surface area contributed by atoms with Gasteiger partial charge in [-0.25, -0.2) is 4.68 Å². The number of unbranched alkanes of at least 4 members (excludes halogenated alkanes) is 2. The number of fused-ring (bicyclic) bond motifs is 2. The molecular formula is C27H32N4O3. The summed E-state index contributed by atoms with van der Waals surface area (Å²) < 4.78 is 7.10. The Morgan fingerprint density at radius 3 is 2.62 bits per heavy atom. The van der Waals surface area contributed by atoms with Crippen LogP contribution >= 0.6 is 0 Å². The van der Waals surface area contributed by atoms with Gasteiger partial charge in [-0.3, -0.25) is 14.5 Å². The summed E-state index contributed by atoms with van der Waals surface area (Å²) in [5.41, 5.74) is 2.85. The second kappa shape index (κ2) is 9.97. The highest BCUT2D eigenvalue weighted by Gasteiger charge is 2.26. The minimum Gasteiger partial charge on any atom is -0.493 e. The van der Waals surface area contributed by atoms with Crippen molar-refractivity contribution in [3.63, 3.8) is 0 Å². The van der Waals surface area contributed by atoms with Gasteiger partial charge in [0.2, 0.25) is 0 Å². The predicted molar refractivity (Wildman–Crippen MR) is 132 cm³/mol. The third-order valence-corrected chi connectivity index (χ3v) is 6.86. The first-order valence-corrected chi connectivity index (χ1v) is 12.4. The Kier molecular flexibility index (Phi) is 6.63. The summed E-state index contributed by atoms with van der Waals surface area (Å²) in [5.74, 6) is 0.921. The first-order valence-electron chi connectivity index (χ1n) is 12.4. The molecule has 0 bridgehead atoms. The summed E-state index contributed by atoms with van der Waals surface area (Å²) in [6.45, 7) is 7.24. The molecule has 2 aromatic carbocycles. The predicted octanol–water partition coefficient (Wildman–Crippen LogP) is 3.48. The zero-order chi connectivity index (χ0) is 23.5. The molecule has 0 radical (unpaired) electrons. The van der Waals surface area contributed by atoms with Gasteiger partial charge in [0.25, 0.3) is 11.5 Å². The van der Waals surface area contributed by atoms with Gasteiger partial charge in [0.05, 0.1) is 12.0 Å². The Morgan fingerprint density at radius 1 is 1.03 bits per heavy atom. The van der Waals surface area contributed by atoms with E-state index >= 15 is 0 Å². The van der Waals surface area contributed by atoms with Crippen LogP contribution in [-0.4, -0.2) is 58.3 Å². The molecule has 178 valence electrons. The lowest BCUT2D eigenvalue weighted by molar-refractivity contribution is 0.0622. The van der Waals surface area contributed by atoms with Crippen LogP contribution in [0.4, 0.5) is 0 Å². The molecule has 1 amide bonds. The second-order valence-corrected chi connectivity index (χ2v) is 9.24. The van der Waals surface area contributed by atoms with Crippen molar-refractivity contribution in [2.24, 2.45) is 0 Å². The van der Waals surface area contributed by atoms with Crippen molar-refractivity contribution in [3.8, 4) is 5.75 Å². The minimum absolute atomic E-state index is 0.0882. The monoisotopic (exact) mass is 460 g/mol. The smallest absolute Gasteiger partial charge is 0.275 e. The highest BCUT2D eigenvalue weighted by atomic mass is 16.5. The van der Waals surface area contributed by atoms with Gasteiger partial charge in [-0.2, -0.15) is 5.10 Å². The first kappa shape index (κ1) is 22.6. The van der Waals surface area contributed by atoms with Crippen molar-refractivity contribution in [2.45, 2.75) is 45.7 Å². The van der Waals surface area contributed by atoms with Gasteiger partial charge in [0.15, 0.2) is 5.69 Å². The lowest BCUT2D eigenvalue weighted by Crippen LogP contribution is -2.48. The Balaban J connectivity index is 1.30. The van der Waals surface area contributed by atoms with Crippen LogP contribution in [0.25, 0.3) is 10.8 Å². The zero-order valence-corrected chi connectivity index (χ0v) is 19.8. The minimum atomic E-state index is -0.118. The van der Waals surface area contributed by atoms with Gasteiger partial charge in [0.1, 0.15) is 5.75 Å². The molecule has 2 aliphatic rings. The van der Waals surface area contributed by atoms with Crippen LogP contribution in [0.2, 0.25) is 0 Å². The molecule has 0 saturated carbocycles. The highest BCUT2D eigenvalue weighted by molar-refractivity contribution is 6.04. The number of carbonyl (C=O) groups excluding carboxylic acids is 1. The molecule has 34 heavy (non-hydrogen) atoms. The number of amides is 1. The van der Waals surface area contributed by atoms with Crippen molar-refractivity contribution in [1.82, 2.24) is 19.6 Å². The fourth-order valence-corrected chi connectivity index (χ4v) is 4.91. The number of ether oxygens (including phenoxy) is 1. The lowest BCUT2D eigenvalue weighted by atomic mass is 10.1. The molecule has 0 aliphatic carbocycles. The molecule has 7 nitrogen and oxygen atoms in total. The average Bonchev–Trinajstić information content (AvgIpc) is 3.34. The molecule has 0 N–H and O–H groups in total. The number of benzene rings is 2. The van der Waals surface area contributed by atoms with Crippen molar-refractivity contribution in [3.05, 3.63) is 69.6 Å². The van der Waals surface area contributed by atoms with Gasteiger partial charge in [0, 0.05) is 51.1 Å². The molecule has 5 rings (SSSR count). The van der Waals surface area contributed by atoms with E-state index in [0.29, 0.717) is 36.1 Å². The van der Waals surface area contributed by atoms with Gasteiger partial charge >= 0.3 is 0 Å². The number of aryl methyl sites for hydroxylation is 1. The van der Waals surface area contributed by atoms with Crippen LogP contribution in [0.5, 0.6) is 5.75 Å². The van der Waals surface area contributed by atoms with E-state index in [1.165, 1.54) is 15.8 Å². The summed E-state index contributed by atoms with van der Waals surface area (Å²) >= 11 is 0. The molecule has 7 heteroatoms. The van der Waals surface area contributed by atoms with E-state index in [1.54, 1.807) is 6.07 Å². The van der Waals surface area contributed by atoms with Crippen molar-refractivity contribution in [2.75, 3.05) is 32.8 Å². The number of nitrogens with zero attached hydrogens (tertiary/aromatic N) is 4. The molecule has 3 heterocycles. The average molecular weight is 461 g/mol. The maximum atomic E-state index is 13.5. The lowest BCUT2D eigenvalue weighted by Gasteiger charge is -2.34. The summed E-state index contributed by atoms with van der Waals surface area (Å²) in [7, 11) is 0. The first-order chi connectivity index (χ1) is 16.6. The quantitative estimate of drug-likeness (QED) is 0.505. The molecule has 0 spiro atoms. The molecule has 3 aromatic rings. The number of carbonyl (C=O) groups is 1. The van der Waals surface area contributed by atoms with E-state index in [9.17, 15) is 9.59 Å². The fourth-order valence-electron chi connectivity index (χ4n) is 4.91. The summed E-state index contributed by atoms with van der Waals surface area (Å²) in [6.07, 6.45) is 3.96. The van der Waals surface area contributed by atoms with E-state index in [1.807, 2.05) is 23.1 Å². The van der Waals surface area contributed by atoms with Crippen molar-refractivity contribution < 1.29 is 9.53 Å². The van der Waals surface area contributed by atoms with Crippen LogP contribution in [0.15, 0.2) is 47.3 Å². The standard InChI is InChI=1S/C27H32N4O3/c1-2-3-6-12-31-26(32)23-8-5-4-7-22(23)25(28-31)27(33)30-15-13-29(14-16-30)19-20-9-10-24-21(18-20)11-17-34-24/h4-5,7-10,18H,2-3,6,11-17,19H2,1H3. The second-order valence-electron chi connectivity index (χ2n) is 9.24. The van der Waals surface area contributed by atoms with E-state index in [2.05, 4.69) is 35.1 Å². The van der Waals surface area contributed by atoms with E-state index in [-0.39, 0.29) is 11.5 Å². The summed E-state index contributed by atoms with van der Waals surface area (Å²) in [4.78, 5) is 30.7. The van der Waals surface area contributed by atoms with Gasteiger partial charge in [-0.15, -0.1) is 0 Å². The Bertz CT molecular complexity index is 1240. The molecule has 2 aliphatic heterocycles. The third kappa shape index (κ3) is 4.57. The number of hydrogen-bond donors (Lipinski definition) is 0. The van der Waals surface area contributed by atoms with E-state index < -0.39 is 0 Å². The maximum absolute atomic E-state index is 13.5. The summed E-state index contributed by atoms with van der Waals surface area (Å²) in [6, 6.07) is 13.8. The maximum Gasteiger partial charge on any atom is 0.275 e. The number of rotatable bonds is 7. The van der Waals surface area contributed by atoms with Crippen LogP contribution in [0.1, 0.15) is 47.8 Å². The number of hydrogen-bond acceptors (Lipinski definition) is 5. The number of piperazine rings is 1. The van der Waals surface area contributed by atoms with Crippen LogP contribution in [0.3, 0.4) is 0 Å².